The molecule has 0 saturated carbocycles. The van der Waals surface area contributed by atoms with E-state index in [1.807, 2.05) is 24.3 Å². The van der Waals surface area contributed by atoms with Crippen LogP contribution in [0.5, 0.6) is 0 Å². The molecule has 4 heterocycles. The Hall–Kier alpha value is -3.49. The number of nitrogens with zero attached hydrogens (tertiary/aromatic N) is 4. The van der Waals surface area contributed by atoms with Gasteiger partial charge in [-0.05, 0) is 60.5 Å². The molecule has 1 aromatic carbocycles. The Morgan fingerprint density at radius 2 is 1.67 bits per heavy atom. The lowest BCUT2D eigenvalue weighted by atomic mass is 9.96. The monoisotopic (exact) mass is 460 g/mol. The summed E-state index contributed by atoms with van der Waals surface area (Å²) in [6.45, 7) is 3.89. The first kappa shape index (κ1) is 21.4. The van der Waals surface area contributed by atoms with Crippen LogP contribution in [-0.2, 0) is 4.79 Å². The number of likely N-dealkylation sites (N-methyl/N-ethyl adjacent to an activating group) is 1. The smallest absolute Gasteiger partial charge is 0.294 e. The van der Waals surface area contributed by atoms with Gasteiger partial charge in [-0.3, -0.25) is 19.5 Å². The van der Waals surface area contributed by atoms with Gasteiger partial charge in [-0.25, -0.2) is 0 Å². The molecule has 0 bridgehead atoms. The minimum atomic E-state index is -0.732. The molecule has 5 rings (SSSR count). The summed E-state index contributed by atoms with van der Waals surface area (Å²) in [5.41, 5.74) is 2.52. The number of Topliss-reactive ketones (excluding diaryl/α,β-unsaturated/α-hetero) is 1. The van der Waals surface area contributed by atoms with Crippen molar-refractivity contribution >= 4 is 34.4 Å². The summed E-state index contributed by atoms with van der Waals surface area (Å²) in [5, 5.41) is 12.6. The largest absolute Gasteiger partial charge is 0.503 e. The van der Waals surface area contributed by atoms with Gasteiger partial charge in [0.05, 0.1) is 16.5 Å². The molecule has 0 aliphatic carbocycles. The molecule has 168 valence electrons. The predicted octanol–water partition coefficient (Wildman–Crippen LogP) is 3.68. The summed E-state index contributed by atoms with van der Waals surface area (Å²) in [6, 6.07) is 14.0. The second-order valence-electron chi connectivity index (χ2n) is 8.23. The molecular weight excluding hydrogens is 436 g/mol. The number of piperazine rings is 1. The number of benzene rings is 1. The highest BCUT2D eigenvalue weighted by Crippen LogP contribution is 2.42. The van der Waals surface area contributed by atoms with Crippen LogP contribution in [0.4, 0.5) is 11.4 Å². The van der Waals surface area contributed by atoms with E-state index in [0.29, 0.717) is 16.1 Å². The van der Waals surface area contributed by atoms with E-state index in [9.17, 15) is 14.7 Å². The van der Waals surface area contributed by atoms with Crippen molar-refractivity contribution in [1.29, 1.82) is 0 Å². The highest BCUT2D eigenvalue weighted by atomic mass is 32.1. The Labute approximate surface area is 196 Å². The van der Waals surface area contributed by atoms with Gasteiger partial charge < -0.3 is 14.9 Å². The van der Waals surface area contributed by atoms with Gasteiger partial charge in [0.25, 0.3) is 5.91 Å². The predicted molar refractivity (Wildman–Crippen MR) is 129 cm³/mol. The van der Waals surface area contributed by atoms with Crippen LogP contribution in [0.2, 0.25) is 0 Å². The molecule has 3 aromatic rings. The molecule has 1 saturated heterocycles. The maximum atomic E-state index is 13.3. The van der Waals surface area contributed by atoms with Crippen molar-refractivity contribution in [2.75, 3.05) is 43.0 Å². The van der Waals surface area contributed by atoms with Gasteiger partial charge in [-0.1, -0.05) is 6.07 Å². The third kappa shape index (κ3) is 3.92. The van der Waals surface area contributed by atoms with E-state index in [-0.39, 0.29) is 11.4 Å². The van der Waals surface area contributed by atoms with Crippen LogP contribution < -0.4 is 9.80 Å². The van der Waals surface area contributed by atoms with Crippen molar-refractivity contribution in [3.63, 3.8) is 0 Å². The Bertz CT molecular complexity index is 1180. The van der Waals surface area contributed by atoms with Gasteiger partial charge in [0.15, 0.2) is 5.76 Å². The quantitative estimate of drug-likeness (QED) is 0.586. The van der Waals surface area contributed by atoms with Crippen molar-refractivity contribution in [3.05, 3.63) is 88.1 Å². The highest BCUT2D eigenvalue weighted by molar-refractivity contribution is 7.12. The number of anilines is 2. The molecule has 1 amide bonds. The Balaban J connectivity index is 1.51. The summed E-state index contributed by atoms with van der Waals surface area (Å²) in [6.07, 6.45) is 3.24. The molecule has 1 unspecified atom stereocenters. The van der Waals surface area contributed by atoms with Gasteiger partial charge in [0, 0.05) is 49.9 Å². The van der Waals surface area contributed by atoms with Crippen LogP contribution in [0.25, 0.3) is 0 Å². The minimum absolute atomic E-state index is 0.0943. The van der Waals surface area contributed by atoms with E-state index in [4.69, 9.17) is 0 Å². The fourth-order valence-electron chi connectivity index (χ4n) is 4.39. The van der Waals surface area contributed by atoms with Crippen LogP contribution in [0.3, 0.4) is 0 Å². The van der Waals surface area contributed by atoms with E-state index in [1.165, 1.54) is 16.2 Å². The average Bonchev–Trinajstić information content (AvgIpc) is 3.47. The van der Waals surface area contributed by atoms with Crippen LogP contribution in [0.1, 0.15) is 21.3 Å². The number of ketones is 1. The lowest BCUT2D eigenvalue weighted by Crippen LogP contribution is -2.44. The fraction of sp³-hybridized carbons (Fsp3) is 0.240. The zero-order valence-electron chi connectivity index (χ0n) is 18.2. The summed E-state index contributed by atoms with van der Waals surface area (Å²) >= 11 is 1.29. The molecule has 0 spiro atoms. The molecule has 2 aromatic heterocycles. The van der Waals surface area contributed by atoms with Crippen LogP contribution in [0.15, 0.2) is 77.6 Å². The number of aliphatic hydroxyl groups excluding tert-OH is 1. The van der Waals surface area contributed by atoms with Gasteiger partial charge in [0.2, 0.25) is 5.78 Å². The second-order valence-corrected chi connectivity index (χ2v) is 9.18. The number of amides is 1. The molecule has 2 aliphatic heterocycles. The topological polar surface area (TPSA) is 77.0 Å². The van der Waals surface area contributed by atoms with Gasteiger partial charge in [0.1, 0.15) is 0 Å². The standard InChI is InChI=1S/C25H24N4O3S/c1-27-12-14-28(15-13-27)18-4-6-19(7-5-18)29-22(17-8-10-26-11-9-17)21(24(31)25(29)32)23(30)20-3-2-16-33-20/h2-11,16,22,31H,12-15H2,1H3. The molecule has 0 radical (unpaired) electrons. The first-order valence-electron chi connectivity index (χ1n) is 10.8. The number of carbonyl (C=O) groups excluding carboxylic acids is 2. The lowest BCUT2D eigenvalue weighted by Gasteiger charge is -2.34. The van der Waals surface area contributed by atoms with Crippen LogP contribution in [0, 0.1) is 0 Å². The molecule has 33 heavy (non-hydrogen) atoms. The van der Waals surface area contributed by atoms with Gasteiger partial charge >= 0.3 is 0 Å². The molecule has 2 aliphatic rings. The average molecular weight is 461 g/mol. The van der Waals surface area contributed by atoms with Crippen molar-refractivity contribution in [2.45, 2.75) is 6.04 Å². The lowest BCUT2D eigenvalue weighted by molar-refractivity contribution is -0.117. The van der Waals surface area contributed by atoms with Crippen LogP contribution in [-0.4, -0.2) is 59.9 Å². The van der Waals surface area contributed by atoms with Gasteiger partial charge in [-0.2, -0.15) is 0 Å². The molecular formula is C25H24N4O3S. The Morgan fingerprint density at radius 3 is 2.30 bits per heavy atom. The molecule has 8 heteroatoms. The molecule has 7 nitrogen and oxygen atoms in total. The summed E-state index contributed by atoms with van der Waals surface area (Å²) < 4.78 is 0. The number of hydrogen-bond donors (Lipinski definition) is 1. The Kier molecular flexibility index (Phi) is 5.70. The van der Waals surface area contributed by atoms with Crippen molar-refractivity contribution < 1.29 is 14.7 Å². The minimum Gasteiger partial charge on any atom is -0.503 e. The summed E-state index contributed by atoms with van der Waals surface area (Å²) in [7, 11) is 2.12. The fourth-order valence-corrected chi connectivity index (χ4v) is 5.07. The maximum Gasteiger partial charge on any atom is 0.294 e. The van der Waals surface area contributed by atoms with Gasteiger partial charge in [-0.15, -0.1) is 11.3 Å². The highest BCUT2D eigenvalue weighted by Gasteiger charge is 2.44. The van der Waals surface area contributed by atoms with Crippen molar-refractivity contribution in [2.24, 2.45) is 0 Å². The third-order valence-electron chi connectivity index (χ3n) is 6.22. The molecule has 1 N–H and O–H groups in total. The van der Waals surface area contributed by atoms with E-state index in [0.717, 1.165) is 31.9 Å². The molecule has 1 fully saturated rings. The zero-order valence-corrected chi connectivity index (χ0v) is 19.0. The number of aliphatic hydroxyl groups is 1. The van der Waals surface area contributed by atoms with E-state index in [1.54, 1.807) is 42.0 Å². The van der Waals surface area contributed by atoms with E-state index >= 15 is 0 Å². The summed E-state index contributed by atoms with van der Waals surface area (Å²) in [4.78, 5) is 37.2. The number of thiophene rings is 1. The Morgan fingerprint density at radius 1 is 1.00 bits per heavy atom. The second kappa shape index (κ2) is 8.80. The van der Waals surface area contributed by atoms with Crippen molar-refractivity contribution in [1.82, 2.24) is 9.88 Å². The number of rotatable bonds is 5. The number of aromatic nitrogens is 1. The number of hydrogen-bond acceptors (Lipinski definition) is 7. The first-order chi connectivity index (χ1) is 16.0. The molecule has 1 atom stereocenters. The first-order valence-corrected chi connectivity index (χ1v) is 11.7. The maximum absolute atomic E-state index is 13.3. The van der Waals surface area contributed by atoms with Crippen molar-refractivity contribution in [3.8, 4) is 0 Å². The van der Waals surface area contributed by atoms with E-state index in [2.05, 4.69) is 21.8 Å². The third-order valence-corrected chi connectivity index (χ3v) is 7.08. The zero-order chi connectivity index (χ0) is 22.9. The number of pyridine rings is 1. The SMILES string of the molecule is CN1CCN(c2ccc(N3C(=O)C(O)=C(C(=O)c4cccs4)C3c3ccncc3)cc2)CC1. The normalized spacial score (nSPS) is 19.4. The van der Waals surface area contributed by atoms with E-state index < -0.39 is 17.7 Å². The van der Waals surface area contributed by atoms with Crippen LogP contribution >= 0.6 is 11.3 Å². The summed E-state index contributed by atoms with van der Waals surface area (Å²) in [5.74, 6) is -1.42. The number of carbonyl (C=O) groups is 2.